The van der Waals surface area contributed by atoms with Gasteiger partial charge in [-0.3, -0.25) is 0 Å². The maximum atomic E-state index is 6.00. The van der Waals surface area contributed by atoms with Gasteiger partial charge in [-0.25, -0.2) is 0 Å². The maximum Gasteiger partial charge on any atom is 0.0517 e. The number of hydrogen-bond donors (Lipinski definition) is 0. The molecule has 0 bridgehead atoms. The number of hydrogen-bond acceptors (Lipinski definition) is 0. The quantitative estimate of drug-likeness (QED) is 0.654. The molecule has 1 aliphatic carbocycles. The lowest BCUT2D eigenvalue weighted by atomic mass is 10.1. The van der Waals surface area contributed by atoms with E-state index in [2.05, 4.69) is 37.3 Å². The standard InChI is InChI=1S/C14H17Cl/c1-10(11(2)15)9-12-3-5-13(6-4-12)14-7-8-14/h3-6,9,11,14H,7-8H2,1-2H3/b10-9+. The van der Waals surface area contributed by atoms with E-state index < -0.39 is 0 Å². The number of rotatable bonds is 3. The van der Waals surface area contributed by atoms with Gasteiger partial charge in [-0.2, -0.15) is 0 Å². The lowest BCUT2D eigenvalue weighted by Gasteiger charge is -2.04. The fourth-order valence-electron chi connectivity index (χ4n) is 1.66. The first-order chi connectivity index (χ1) is 7.16. The third kappa shape index (κ3) is 2.85. The highest BCUT2D eigenvalue weighted by Gasteiger charge is 2.22. The van der Waals surface area contributed by atoms with E-state index >= 15 is 0 Å². The van der Waals surface area contributed by atoms with Crippen molar-refractivity contribution in [2.75, 3.05) is 0 Å². The fourth-order valence-corrected chi connectivity index (χ4v) is 1.72. The van der Waals surface area contributed by atoms with Crippen molar-refractivity contribution in [3.63, 3.8) is 0 Å². The van der Waals surface area contributed by atoms with Gasteiger partial charge >= 0.3 is 0 Å². The van der Waals surface area contributed by atoms with Crippen LogP contribution in [0, 0.1) is 0 Å². The van der Waals surface area contributed by atoms with Crippen LogP contribution in [0.3, 0.4) is 0 Å². The van der Waals surface area contributed by atoms with Gasteiger partial charge in [0.05, 0.1) is 5.38 Å². The molecule has 0 heterocycles. The van der Waals surface area contributed by atoms with E-state index in [1.165, 1.54) is 29.5 Å². The highest BCUT2D eigenvalue weighted by Crippen LogP contribution is 2.39. The van der Waals surface area contributed by atoms with E-state index in [1.807, 2.05) is 6.92 Å². The van der Waals surface area contributed by atoms with E-state index in [1.54, 1.807) is 0 Å². The summed E-state index contributed by atoms with van der Waals surface area (Å²) in [6.07, 6.45) is 4.90. The van der Waals surface area contributed by atoms with Gasteiger partial charge in [0, 0.05) is 0 Å². The summed E-state index contributed by atoms with van der Waals surface area (Å²) in [5.74, 6) is 0.844. The minimum absolute atomic E-state index is 0.119. The molecule has 1 aromatic carbocycles. The molecule has 1 atom stereocenters. The molecular formula is C14H17Cl. The zero-order valence-electron chi connectivity index (χ0n) is 9.33. The van der Waals surface area contributed by atoms with Gasteiger partial charge in [0.1, 0.15) is 0 Å². The number of alkyl halides is 1. The van der Waals surface area contributed by atoms with Crippen molar-refractivity contribution in [1.82, 2.24) is 0 Å². The molecule has 1 saturated carbocycles. The van der Waals surface area contributed by atoms with Crippen LogP contribution in [-0.2, 0) is 0 Å². The predicted molar refractivity (Wildman–Crippen MR) is 67.4 cm³/mol. The zero-order valence-corrected chi connectivity index (χ0v) is 10.1. The van der Waals surface area contributed by atoms with Gasteiger partial charge in [-0.05, 0) is 43.7 Å². The largest absolute Gasteiger partial charge is 0.118 e. The molecule has 0 N–H and O–H groups in total. The zero-order chi connectivity index (χ0) is 10.8. The van der Waals surface area contributed by atoms with Gasteiger partial charge in [0.2, 0.25) is 0 Å². The molecule has 80 valence electrons. The fraction of sp³-hybridized carbons (Fsp3) is 0.429. The number of allylic oxidation sites excluding steroid dienone is 1. The second-order valence-electron chi connectivity index (χ2n) is 4.45. The first-order valence-corrected chi connectivity index (χ1v) is 6.02. The van der Waals surface area contributed by atoms with Crippen LogP contribution in [0.2, 0.25) is 0 Å². The molecule has 0 nitrogen and oxygen atoms in total. The Morgan fingerprint density at radius 1 is 1.33 bits per heavy atom. The lowest BCUT2D eigenvalue weighted by molar-refractivity contribution is 1.12. The van der Waals surface area contributed by atoms with E-state index in [0.717, 1.165) is 5.92 Å². The Balaban J connectivity index is 2.12. The number of halogens is 1. The van der Waals surface area contributed by atoms with Crippen LogP contribution in [0.4, 0.5) is 0 Å². The number of benzene rings is 1. The van der Waals surface area contributed by atoms with Crippen molar-refractivity contribution in [3.8, 4) is 0 Å². The van der Waals surface area contributed by atoms with E-state index in [4.69, 9.17) is 11.6 Å². The first-order valence-electron chi connectivity index (χ1n) is 5.59. The van der Waals surface area contributed by atoms with Crippen LogP contribution < -0.4 is 0 Å². The van der Waals surface area contributed by atoms with Crippen molar-refractivity contribution < 1.29 is 0 Å². The SMILES string of the molecule is C/C(=C\c1ccc(C2CC2)cc1)C(C)Cl. The Kier molecular flexibility index (Phi) is 3.16. The highest BCUT2D eigenvalue weighted by molar-refractivity contribution is 6.22. The van der Waals surface area contributed by atoms with Crippen LogP contribution in [0.25, 0.3) is 6.08 Å². The van der Waals surface area contributed by atoms with Gasteiger partial charge in [0.15, 0.2) is 0 Å². The smallest absolute Gasteiger partial charge is 0.0517 e. The first kappa shape index (κ1) is 10.8. The summed E-state index contributed by atoms with van der Waals surface area (Å²) in [4.78, 5) is 0. The van der Waals surface area contributed by atoms with Crippen molar-refractivity contribution in [3.05, 3.63) is 41.0 Å². The molecule has 0 radical (unpaired) electrons. The van der Waals surface area contributed by atoms with E-state index in [0.29, 0.717) is 0 Å². The van der Waals surface area contributed by atoms with Crippen molar-refractivity contribution in [1.29, 1.82) is 0 Å². The average Bonchev–Trinajstić information content (AvgIpc) is 3.02. The maximum absolute atomic E-state index is 6.00. The predicted octanol–water partition coefficient (Wildman–Crippen LogP) is 4.59. The summed E-state index contributed by atoms with van der Waals surface area (Å²) in [6.45, 7) is 4.08. The molecule has 0 spiro atoms. The molecule has 1 unspecified atom stereocenters. The molecule has 1 aromatic rings. The summed E-state index contributed by atoms with van der Waals surface area (Å²) in [5.41, 5.74) is 3.96. The van der Waals surface area contributed by atoms with Crippen LogP contribution in [0.5, 0.6) is 0 Å². The Morgan fingerprint density at radius 2 is 1.93 bits per heavy atom. The Labute approximate surface area is 97.0 Å². The molecule has 0 aliphatic heterocycles. The van der Waals surface area contributed by atoms with E-state index in [-0.39, 0.29) is 5.38 Å². The van der Waals surface area contributed by atoms with Gasteiger partial charge < -0.3 is 0 Å². The molecule has 0 amide bonds. The van der Waals surface area contributed by atoms with Gasteiger partial charge in [-0.15, -0.1) is 11.6 Å². The van der Waals surface area contributed by atoms with Gasteiger partial charge in [-0.1, -0.05) is 35.9 Å². The van der Waals surface area contributed by atoms with Crippen LogP contribution >= 0.6 is 11.6 Å². The second-order valence-corrected chi connectivity index (χ2v) is 5.10. The summed E-state index contributed by atoms with van der Waals surface area (Å²) >= 11 is 6.00. The van der Waals surface area contributed by atoms with E-state index in [9.17, 15) is 0 Å². The molecule has 0 saturated heterocycles. The monoisotopic (exact) mass is 220 g/mol. The van der Waals surface area contributed by atoms with Gasteiger partial charge in [0.25, 0.3) is 0 Å². The molecule has 1 heteroatoms. The van der Waals surface area contributed by atoms with Crippen LogP contribution in [-0.4, -0.2) is 5.38 Å². The summed E-state index contributed by atoms with van der Waals surface area (Å²) in [6, 6.07) is 8.87. The summed E-state index contributed by atoms with van der Waals surface area (Å²) < 4.78 is 0. The minimum Gasteiger partial charge on any atom is -0.118 e. The molecular weight excluding hydrogens is 204 g/mol. The Bertz CT molecular complexity index is 355. The molecule has 0 aromatic heterocycles. The van der Waals surface area contributed by atoms with Crippen LogP contribution in [0.15, 0.2) is 29.8 Å². The normalized spacial score (nSPS) is 19.0. The Hall–Kier alpha value is -0.750. The third-order valence-electron chi connectivity index (χ3n) is 3.01. The van der Waals surface area contributed by atoms with Crippen molar-refractivity contribution in [2.24, 2.45) is 0 Å². The molecule has 1 fully saturated rings. The minimum atomic E-state index is 0.119. The highest BCUT2D eigenvalue weighted by atomic mass is 35.5. The third-order valence-corrected chi connectivity index (χ3v) is 3.35. The summed E-state index contributed by atoms with van der Waals surface area (Å²) in [5, 5.41) is 0.119. The van der Waals surface area contributed by atoms with Crippen molar-refractivity contribution >= 4 is 17.7 Å². The Morgan fingerprint density at radius 3 is 2.40 bits per heavy atom. The average molecular weight is 221 g/mol. The van der Waals surface area contributed by atoms with Crippen molar-refractivity contribution in [2.45, 2.75) is 38.0 Å². The molecule has 1 aliphatic rings. The molecule has 15 heavy (non-hydrogen) atoms. The topological polar surface area (TPSA) is 0 Å². The summed E-state index contributed by atoms with van der Waals surface area (Å²) in [7, 11) is 0. The molecule has 2 rings (SSSR count). The second kappa shape index (κ2) is 4.40. The van der Waals surface area contributed by atoms with Crippen LogP contribution in [0.1, 0.15) is 43.7 Å². The lowest BCUT2D eigenvalue weighted by Crippen LogP contribution is -1.91.